The highest BCUT2D eigenvalue weighted by Crippen LogP contribution is 2.33. The molecule has 3 aromatic heterocycles. The summed E-state index contributed by atoms with van der Waals surface area (Å²) < 4.78 is 10.2. The number of aryl methyl sites for hydroxylation is 2. The van der Waals surface area contributed by atoms with E-state index in [9.17, 15) is 4.79 Å². The maximum absolute atomic E-state index is 12.5. The van der Waals surface area contributed by atoms with Gasteiger partial charge in [-0.25, -0.2) is 9.97 Å². The van der Waals surface area contributed by atoms with Gasteiger partial charge in [-0.3, -0.25) is 4.79 Å². The van der Waals surface area contributed by atoms with Gasteiger partial charge >= 0.3 is 0 Å². The molecule has 0 saturated carbocycles. The number of nitrogens with zero attached hydrogens (tertiary/aromatic N) is 3. The Morgan fingerprint density at radius 1 is 1.36 bits per heavy atom. The summed E-state index contributed by atoms with van der Waals surface area (Å²) in [5.41, 5.74) is 1.64. The van der Waals surface area contributed by atoms with Gasteiger partial charge in [-0.1, -0.05) is 5.16 Å². The Morgan fingerprint density at radius 2 is 2.20 bits per heavy atom. The van der Waals surface area contributed by atoms with Gasteiger partial charge in [0, 0.05) is 19.7 Å². The van der Waals surface area contributed by atoms with Gasteiger partial charge in [0.1, 0.15) is 17.0 Å². The average molecular weight is 361 g/mol. The number of carbonyl (C=O) groups excluding carboxylic acids is 1. The van der Waals surface area contributed by atoms with E-state index in [4.69, 9.17) is 9.26 Å². The fourth-order valence-electron chi connectivity index (χ4n) is 2.44. The van der Waals surface area contributed by atoms with Gasteiger partial charge in [0.2, 0.25) is 0 Å². The first kappa shape index (κ1) is 17.3. The molecule has 9 heteroatoms. The summed E-state index contributed by atoms with van der Waals surface area (Å²) in [5.74, 6) is 1.16. The van der Waals surface area contributed by atoms with Crippen LogP contribution in [0.4, 0.5) is 5.82 Å². The van der Waals surface area contributed by atoms with Crippen LogP contribution in [-0.4, -0.2) is 41.3 Å². The summed E-state index contributed by atoms with van der Waals surface area (Å²) in [4.78, 5) is 22.5. The molecular weight excluding hydrogens is 342 g/mol. The summed E-state index contributed by atoms with van der Waals surface area (Å²) in [5, 5.41) is 10.7. The fourth-order valence-corrected chi connectivity index (χ4v) is 3.51. The van der Waals surface area contributed by atoms with Crippen molar-refractivity contribution in [2.45, 2.75) is 20.4 Å². The third-order valence-corrected chi connectivity index (χ3v) is 4.83. The average Bonchev–Trinajstić information content (AvgIpc) is 3.17. The quantitative estimate of drug-likeness (QED) is 0.622. The number of thiophene rings is 1. The number of carbonyl (C=O) groups is 1. The first-order valence-electron chi connectivity index (χ1n) is 7.77. The Kier molecular flexibility index (Phi) is 5.25. The molecule has 1 amide bonds. The molecule has 132 valence electrons. The summed E-state index contributed by atoms with van der Waals surface area (Å²) in [6, 6.07) is 1.79. The topological polar surface area (TPSA) is 102 Å². The normalized spacial score (nSPS) is 11.0. The van der Waals surface area contributed by atoms with E-state index in [1.54, 1.807) is 13.2 Å². The molecule has 3 heterocycles. The molecule has 2 N–H and O–H groups in total. The van der Waals surface area contributed by atoms with E-state index in [-0.39, 0.29) is 12.5 Å². The van der Waals surface area contributed by atoms with Crippen molar-refractivity contribution in [3.63, 3.8) is 0 Å². The molecule has 3 rings (SSSR count). The van der Waals surface area contributed by atoms with Crippen LogP contribution in [0.25, 0.3) is 10.2 Å². The number of hydrogen-bond acceptors (Lipinski definition) is 8. The van der Waals surface area contributed by atoms with E-state index in [0.29, 0.717) is 29.6 Å². The van der Waals surface area contributed by atoms with Crippen molar-refractivity contribution < 1.29 is 14.1 Å². The largest absolute Gasteiger partial charge is 0.383 e. The smallest absolute Gasteiger partial charge is 0.262 e. The number of fused-ring (bicyclic) bond motifs is 1. The lowest BCUT2D eigenvalue weighted by atomic mass is 10.2. The first-order chi connectivity index (χ1) is 12.1. The predicted octanol–water partition coefficient (Wildman–Crippen LogP) is 2.28. The highest BCUT2D eigenvalue weighted by Gasteiger charge is 2.19. The maximum Gasteiger partial charge on any atom is 0.262 e. The maximum atomic E-state index is 12.5. The molecule has 0 saturated heterocycles. The lowest BCUT2D eigenvalue weighted by Gasteiger charge is -2.06. The van der Waals surface area contributed by atoms with Gasteiger partial charge in [0.05, 0.1) is 29.1 Å². The molecule has 25 heavy (non-hydrogen) atoms. The first-order valence-corrected chi connectivity index (χ1v) is 8.59. The van der Waals surface area contributed by atoms with Crippen molar-refractivity contribution in [3.05, 3.63) is 34.3 Å². The van der Waals surface area contributed by atoms with E-state index in [0.717, 1.165) is 21.5 Å². The van der Waals surface area contributed by atoms with Crippen molar-refractivity contribution in [1.82, 2.24) is 20.4 Å². The molecule has 0 bridgehead atoms. The molecule has 8 nitrogen and oxygen atoms in total. The third-order valence-electron chi connectivity index (χ3n) is 3.63. The molecule has 0 spiro atoms. The number of rotatable bonds is 7. The van der Waals surface area contributed by atoms with Crippen LogP contribution in [0, 0.1) is 13.8 Å². The minimum atomic E-state index is -0.169. The van der Waals surface area contributed by atoms with Gasteiger partial charge in [-0.05, 0) is 19.4 Å². The number of nitrogens with one attached hydrogen (secondary N) is 2. The Balaban J connectivity index is 1.80. The van der Waals surface area contributed by atoms with Gasteiger partial charge < -0.3 is 19.9 Å². The fraction of sp³-hybridized carbons (Fsp3) is 0.375. The number of methoxy groups -OCH3 is 1. The highest BCUT2D eigenvalue weighted by molar-refractivity contribution is 7.20. The molecule has 0 aliphatic heterocycles. The van der Waals surface area contributed by atoms with Gasteiger partial charge in [0.15, 0.2) is 5.76 Å². The predicted molar refractivity (Wildman–Crippen MR) is 94.9 cm³/mol. The molecule has 0 aliphatic rings. The van der Waals surface area contributed by atoms with Crippen LogP contribution < -0.4 is 10.6 Å². The Bertz CT molecular complexity index is 889. The van der Waals surface area contributed by atoms with Crippen molar-refractivity contribution in [3.8, 4) is 0 Å². The second-order valence-electron chi connectivity index (χ2n) is 5.50. The van der Waals surface area contributed by atoms with Crippen molar-refractivity contribution in [2.75, 3.05) is 25.6 Å². The van der Waals surface area contributed by atoms with Crippen LogP contribution in [0.2, 0.25) is 0 Å². The van der Waals surface area contributed by atoms with Crippen molar-refractivity contribution >= 4 is 33.3 Å². The van der Waals surface area contributed by atoms with Crippen LogP contribution in [0.1, 0.15) is 26.7 Å². The Hall–Kier alpha value is -2.52. The summed E-state index contributed by atoms with van der Waals surface area (Å²) in [7, 11) is 1.64. The zero-order valence-corrected chi connectivity index (χ0v) is 15.1. The minimum Gasteiger partial charge on any atom is -0.383 e. The minimum absolute atomic E-state index is 0.169. The van der Waals surface area contributed by atoms with Crippen LogP contribution in [0.15, 0.2) is 16.9 Å². The summed E-state index contributed by atoms with van der Waals surface area (Å²) in [6.07, 6.45) is 1.49. The second-order valence-corrected chi connectivity index (χ2v) is 6.49. The number of hydrogen-bond donors (Lipinski definition) is 2. The van der Waals surface area contributed by atoms with E-state index in [1.165, 1.54) is 17.7 Å². The molecule has 0 unspecified atom stereocenters. The van der Waals surface area contributed by atoms with Crippen molar-refractivity contribution in [1.29, 1.82) is 0 Å². The van der Waals surface area contributed by atoms with E-state index in [1.807, 2.05) is 13.8 Å². The van der Waals surface area contributed by atoms with Crippen LogP contribution >= 0.6 is 11.3 Å². The molecule has 0 aliphatic carbocycles. The van der Waals surface area contributed by atoms with Gasteiger partial charge in [-0.15, -0.1) is 11.3 Å². The van der Waals surface area contributed by atoms with Crippen LogP contribution in [0.5, 0.6) is 0 Å². The lowest BCUT2D eigenvalue weighted by molar-refractivity contribution is 0.0950. The molecule has 3 aromatic rings. The van der Waals surface area contributed by atoms with Gasteiger partial charge in [-0.2, -0.15) is 0 Å². The lowest BCUT2D eigenvalue weighted by Crippen LogP contribution is -2.22. The molecule has 0 aromatic carbocycles. The SMILES string of the molecule is COCCNc1ncnc2sc(C(=O)NCc3cc(C)no3)c(C)c12. The zero-order valence-electron chi connectivity index (χ0n) is 14.3. The molecule has 0 radical (unpaired) electrons. The number of amides is 1. The zero-order chi connectivity index (χ0) is 17.8. The van der Waals surface area contributed by atoms with E-state index < -0.39 is 0 Å². The number of aromatic nitrogens is 3. The number of anilines is 1. The molecular formula is C16H19N5O3S. The number of ether oxygens (including phenoxy) is 1. The van der Waals surface area contributed by atoms with E-state index in [2.05, 4.69) is 25.8 Å². The molecule has 0 fully saturated rings. The molecule has 0 atom stereocenters. The third kappa shape index (κ3) is 3.77. The summed E-state index contributed by atoms with van der Waals surface area (Å²) in [6.45, 7) is 5.22. The Labute approximate surface area is 148 Å². The Morgan fingerprint density at radius 3 is 2.92 bits per heavy atom. The second kappa shape index (κ2) is 7.58. The van der Waals surface area contributed by atoms with Crippen molar-refractivity contribution in [2.24, 2.45) is 0 Å². The summed E-state index contributed by atoms with van der Waals surface area (Å²) >= 11 is 1.35. The van der Waals surface area contributed by atoms with E-state index >= 15 is 0 Å². The standard InChI is InChI=1S/C16H19N5O3S/c1-9-6-11(24-21-9)7-18-15(22)13-10(2)12-14(17-4-5-23-3)19-8-20-16(12)25-13/h6,8H,4-5,7H2,1-3H3,(H,18,22)(H,17,19,20). The van der Waals surface area contributed by atoms with Crippen LogP contribution in [0.3, 0.4) is 0 Å². The van der Waals surface area contributed by atoms with Gasteiger partial charge in [0.25, 0.3) is 5.91 Å². The highest BCUT2D eigenvalue weighted by atomic mass is 32.1. The van der Waals surface area contributed by atoms with Crippen LogP contribution in [-0.2, 0) is 11.3 Å². The monoisotopic (exact) mass is 361 g/mol.